The zero-order valence-corrected chi connectivity index (χ0v) is 14.3. The molecule has 1 aromatic rings. The Bertz CT molecular complexity index is 554. The van der Waals surface area contributed by atoms with Gasteiger partial charge in [-0.3, -0.25) is 4.79 Å². The van der Waals surface area contributed by atoms with Crippen LogP contribution in [-0.2, 0) is 4.79 Å². The van der Waals surface area contributed by atoms with E-state index in [1.54, 1.807) is 7.11 Å². The smallest absolute Gasteiger partial charge is 0.258 e. The van der Waals surface area contributed by atoms with Crippen LogP contribution < -0.4 is 14.8 Å². The van der Waals surface area contributed by atoms with Crippen LogP contribution in [0.25, 0.3) is 6.08 Å². The van der Waals surface area contributed by atoms with E-state index in [1.807, 2.05) is 37.3 Å². The van der Waals surface area contributed by atoms with Crippen molar-refractivity contribution in [2.75, 3.05) is 13.7 Å². The molecule has 1 fully saturated rings. The monoisotopic (exact) mass is 317 g/mol. The molecule has 0 unspecified atom stereocenters. The Morgan fingerprint density at radius 1 is 1.30 bits per heavy atom. The van der Waals surface area contributed by atoms with Crippen LogP contribution in [0.1, 0.15) is 45.1 Å². The van der Waals surface area contributed by atoms with E-state index in [1.165, 1.54) is 19.3 Å². The van der Waals surface area contributed by atoms with E-state index >= 15 is 0 Å². The number of amides is 1. The van der Waals surface area contributed by atoms with Crippen molar-refractivity contribution in [2.24, 2.45) is 5.92 Å². The van der Waals surface area contributed by atoms with E-state index < -0.39 is 0 Å². The van der Waals surface area contributed by atoms with E-state index in [4.69, 9.17) is 9.47 Å². The maximum Gasteiger partial charge on any atom is 0.258 e. The van der Waals surface area contributed by atoms with E-state index in [0.717, 1.165) is 12.0 Å². The molecule has 1 aliphatic carbocycles. The number of nitrogens with one attached hydrogen (secondary N) is 1. The zero-order chi connectivity index (χ0) is 16.7. The second-order valence-corrected chi connectivity index (χ2v) is 6.13. The lowest BCUT2D eigenvalue weighted by atomic mass is 9.86. The number of methoxy groups -OCH3 is 1. The molecular weight excluding hydrogens is 290 g/mol. The van der Waals surface area contributed by atoms with Gasteiger partial charge in [0.2, 0.25) is 0 Å². The second-order valence-electron chi connectivity index (χ2n) is 6.13. The van der Waals surface area contributed by atoms with E-state index in [0.29, 0.717) is 17.4 Å². The molecule has 0 saturated heterocycles. The molecule has 1 aliphatic rings. The van der Waals surface area contributed by atoms with Crippen molar-refractivity contribution < 1.29 is 14.3 Å². The first-order chi connectivity index (χ1) is 11.1. The molecule has 1 aromatic carbocycles. The zero-order valence-electron chi connectivity index (χ0n) is 14.3. The van der Waals surface area contributed by atoms with Crippen LogP contribution in [0.4, 0.5) is 0 Å². The Hall–Kier alpha value is -1.97. The first kappa shape index (κ1) is 17.4. The van der Waals surface area contributed by atoms with Gasteiger partial charge in [0.1, 0.15) is 0 Å². The van der Waals surface area contributed by atoms with Crippen LogP contribution in [-0.4, -0.2) is 25.7 Å². The lowest BCUT2D eigenvalue weighted by molar-refractivity contribution is -0.124. The topological polar surface area (TPSA) is 47.6 Å². The molecule has 0 heterocycles. The maximum atomic E-state index is 12.1. The summed E-state index contributed by atoms with van der Waals surface area (Å²) < 4.78 is 11.0. The van der Waals surface area contributed by atoms with Crippen LogP contribution in [0.2, 0.25) is 0 Å². The third kappa shape index (κ3) is 5.02. The van der Waals surface area contributed by atoms with Crippen molar-refractivity contribution in [1.82, 2.24) is 5.32 Å². The molecule has 4 nitrogen and oxygen atoms in total. The van der Waals surface area contributed by atoms with Crippen LogP contribution >= 0.6 is 0 Å². The molecule has 23 heavy (non-hydrogen) atoms. The number of rotatable bonds is 6. The summed E-state index contributed by atoms with van der Waals surface area (Å²) in [5.74, 6) is 1.71. The molecule has 1 saturated carbocycles. The molecule has 126 valence electrons. The summed E-state index contributed by atoms with van der Waals surface area (Å²) in [5.41, 5.74) is 1.04. The van der Waals surface area contributed by atoms with Gasteiger partial charge in [-0.1, -0.05) is 38.0 Å². The van der Waals surface area contributed by atoms with Gasteiger partial charge in [-0.25, -0.2) is 0 Å². The minimum absolute atomic E-state index is 0.0164. The van der Waals surface area contributed by atoms with Crippen molar-refractivity contribution >= 4 is 12.0 Å². The SMILES string of the molecule is C/C=C/c1ccc(OCC(=O)N[C@@H]2CCCC[C@H]2C)c(OC)c1. The molecule has 2 rings (SSSR count). The first-order valence-electron chi connectivity index (χ1n) is 8.37. The van der Waals surface area contributed by atoms with Crippen molar-refractivity contribution in [3.8, 4) is 11.5 Å². The first-order valence-corrected chi connectivity index (χ1v) is 8.37. The summed E-state index contributed by atoms with van der Waals surface area (Å²) in [5, 5.41) is 3.09. The Morgan fingerprint density at radius 2 is 2.09 bits per heavy atom. The average molecular weight is 317 g/mol. The molecule has 0 radical (unpaired) electrons. The summed E-state index contributed by atoms with van der Waals surface area (Å²) in [7, 11) is 1.60. The fourth-order valence-electron chi connectivity index (χ4n) is 3.02. The van der Waals surface area contributed by atoms with Gasteiger partial charge < -0.3 is 14.8 Å². The van der Waals surface area contributed by atoms with Gasteiger partial charge in [0, 0.05) is 6.04 Å². The number of carbonyl (C=O) groups is 1. The standard InChI is InChI=1S/C19H27NO3/c1-4-7-15-10-11-17(18(12-15)22-3)23-13-19(21)20-16-9-6-5-8-14(16)2/h4,7,10-12,14,16H,5-6,8-9,13H2,1-3H3,(H,20,21)/b7-4+/t14-,16-/m1/s1. The minimum Gasteiger partial charge on any atom is -0.493 e. The maximum absolute atomic E-state index is 12.1. The quantitative estimate of drug-likeness (QED) is 0.868. The predicted octanol–water partition coefficient (Wildman–Crippen LogP) is 3.80. The summed E-state index contributed by atoms with van der Waals surface area (Å²) in [6.07, 6.45) is 8.66. The predicted molar refractivity (Wildman–Crippen MR) is 92.8 cm³/mol. The molecule has 0 aromatic heterocycles. The van der Waals surface area contributed by atoms with Crippen molar-refractivity contribution in [2.45, 2.75) is 45.6 Å². The molecule has 1 amide bonds. The number of benzene rings is 1. The van der Waals surface area contributed by atoms with Gasteiger partial charge in [-0.15, -0.1) is 0 Å². The highest BCUT2D eigenvalue weighted by atomic mass is 16.5. The van der Waals surface area contributed by atoms with Gasteiger partial charge in [0.05, 0.1) is 7.11 Å². The molecule has 0 bridgehead atoms. The summed E-state index contributed by atoms with van der Waals surface area (Å²) in [4.78, 5) is 12.1. The number of hydrogen-bond acceptors (Lipinski definition) is 3. The minimum atomic E-state index is -0.0664. The Morgan fingerprint density at radius 3 is 2.78 bits per heavy atom. The lowest BCUT2D eigenvalue weighted by Gasteiger charge is -2.29. The van der Waals surface area contributed by atoms with Crippen molar-refractivity contribution in [1.29, 1.82) is 0 Å². The number of hydrogen-bond donors (Lipinski definition) is 1. The number of allylic oxidation sites excluding steroid dienone is 1. The highest BCUT2D eigenvalue weighted by Gasteiger charge is 2.22. The Balaban J connectivity index is 1.90. The number of ether oxygens (including phenoxy) is 2. The summed E-state index contributed by atoms with van der Waals surface area (Å²) in [6, 6.07) is 5.96. The highest BCUT2D eigenvalue weighted by molar-refractivity contribution is 5.78. The van der Waals surface area contributed by atoms with Crippen LogP contribution in [0.5, 0.6) is 11.5 Å². The number of carbonyl (C=O) groups excluding carboxylic acids is 1. The summed E-state index contributed by atoms with van der Waals surface area (Å²) >= 11 is 0. The van der Waals surface area contributed by atoms with Gasteiger partial charge >= 0.3 is 0 Å². The molecule has 0 aliphatic heterocycles. The fraction of sp³-hybridized carbons (Fsp3) is 0.526. The largest absolute Gasteiger partial charge is 0.493 e. The summed E-state index contributed by atoms with van der Waals surface area (Å²) in [6.45, 7) is 4.18. The van der Waals surface area contributed by atoms with Crippen molar-refractivity contribution in [3.63, 3.8) is 0 Å². The third-order valence-electron chi connectivity index (χ3n) is 4.36. The normalized spacial score (nSPS) is 21.2. The lowest BCUT2D eigenvalue weighted by Crippen LogP contribution is -2.43. The third-order valence-corrected chi connectivity index (χ3v) is 4.36. The second kappa shape index (κ2) is 8.61. The highest BCUT2D eigenvalue weighted by Crippen LogP contribution is 2.28. The van der Waals surface area contributed by atoms with E-state index in [-0.39, 0.29) is 18.6 Å². The van der Waals surface area contributed by atoms with Gasteiger partial charge in [-0.05, 0) is 43.4 Å². The average Bonchev–Trinajstić information content (AvgIpc) is 2.56. The fourth-order valence-corrected chi connectivity index (χ4v) is 3.02. The molecule has 0 spiro atoms. The molecular formula is C19H27NO3. The van der Waals surface area contributed by atoms with Gasteiger partial charge in [0.15, 0.2) is 18.1 Å². The van der Waals surface area contributed by atoms with Gasteiger partial charge in [0.25, 0.3) is 5.91 Å². The van der Waals surface area contributed by atoms with E-state index in [9.17, 15) is 4.79 Å². The molecule has 4 heteroatoms. The van der Waals surface area contributed by atoms with E-state index in [2.05, 4.69) is 12.2 Å². The van der Waals surface area contributed by atoms with Crippen LogP contribution in [0.15, 0.2) is 24.3 Å². The van der Waals surface area contributed by atoms with Crippen LogP contribution in [0.3, 0.4) is 0 Å². The Kier molecular flexibility index (Phi) is 6.51. The van der Waals surface area contributed by atoms with Gasteiger partial charge in [-0.2, -0.15) is 0 Å². The van der Waals surface area contributed by atoms with Crippen molar-refractivity contribution in [3.05, 3.63) is 29.8 Å². The Labute approximate surface area is 138 Å². The van der Waals surface area contributed by atoms with Crippen LogP contribution in [0, 0.1) is 5.92 Å². The molecule has 1 N–H and O–H groups in total. The molecule has 2 atom stereocenters.